The summed E-state index contributed by atoms with van der Waals surface area (Å²) in [4.78, 5) is 15.8. The average molecular weight is 295 g/mol. The number of carbonyl (C=O) groups is 1. The van der Waals surface area contributed by atoms with Crippen molar-refractivity contribution in [2.45, 2.75) is 26.2 Å². The van der Waals surface area contributed by atoms with Gasteiger partial charge >= 0.3 is 0 Å². The molecule has 22 heavy (non-hydrogen) atoms. The van der Waals surface area contributed by atoms with Crippen molar-refractivity contribution in [3.8, 4) is 0 Å². The molecule has 0 unspecified atom stereocenters. The maximum Gasteiger partial charge on any atom is 0.271 e. The molecule has 1 aromatic carbocycles. The zero-order valence-corrected chi connectivity index (χ0v) is 13.2. The van der Waals surface area contributed by atoms with Gasteiger partial charge in [0.25, 0.3) is 5.91 Å². The second-order valence-electron chi connectivity index (χ2n) is 6.13. The van der Waals surface area contributed by atoms with Crippen LogP contribution < -0.4 is 10.9 Å². The molecular formula is C18H21N3O. The molecule has 0 aliphatic rings. The summed E-state index contributed by atoms with van der Waals surface area (Å²) in [5, 5.41) is 0. The zero-order valence-electron chi connectivity index (χ0n) is 13.2. The highest BCUT2D eigenvalue weighted by molar-refractivity contribution is 5.94. The number of nitrogens with one attached hydrogen (secondary N) is 2. The summed E-state index contributed by atoms with van der Waals surface area (Å²) in [6.07, 6.45) is 3.14. The number of nitrogens with zero attached hydrogens (tertiary/aromatic N) is 1. The van der Waals surface area contributed by atoms with Gasteiger partial charge in [0.2, 0.25) is 0 Å². The Labute approximate surface area is 131 Å². The molecule has 0 bridgehead atoms. The monoisotopic (exact) mass is 295 g/mol. The number of hydrazine groups is 1. The van der Waals surface area contributed by atoms with E-state index in [9.17, 15) is 4.79 Å². The molecule has 1 aromatic heterocycles. The van der Waals surface area contributed by atoms with Gasteiger partial charge in [-0.15, -0.1) is 0 Å². The Bertz CT molecular complexity index is 655. The van der Waals surface area contributed by atoms with Crippen molar-refractivity contribution in [3.05, 3.63) is 72.1 Å². The van der Waals surface area contributed by atoms with E-state index in [1.165, 1.54) is 11.8 Å². The van der Waals surface area contributed by atoms with Crippen molar-refractivity contribution >= 4 is 11.6 Å². The van der Waals surface area contributed by atoms with Gasteiger partial charge in [-0.2, -0.15) is 0 Å². The van der Waals surface area contributed by atoms with Crippen LogP contribution in [-0.4, -0.2) is 10.9 Å². The van der Waals surface area contributed by atoms with Gasteiger partial charge in [0.1, 0.15) is 0 Å². The second kappa shape index (κ2) is 6.43. The Kier molecular flexibility index (Phi) is 4.61. The number of hydrogen-bond donors (Lipinski definition) is 2. The Morgan fingerprint density at radius 2 is 1.73 bits per heavy atom. The maximum absolute atomic E-state index is 11.9. The minimum atomic E-state index is -0.249. The van der Waals surface area contributed by atoms with Crippen LogP contribution in [0.2, 0.25) is 0 Å². The number of rotatable bonds is 4. The largest absolute Gasteiger partial charge is 0.298 e. The molecule has 1 heterocycles. The number of aromatic nitrogens is 1. The highest BCUT2D eigenvalue weighted by Gasteiger charge is 2.13. The summed E-state index contributed by atoms with van der Waals surface area (Å²) >= 11 is 0. The molecule has 2 N–H and O–H groups in total. The van der Waals surface area contributed by atoms with E-state index >= 15 is 0 Å². The first-order valence-corrected chi connectivity index (χ1v) is 7.14. The summed E-state index contributed by atoms with van der Waals surface area (Å²) in [6.45, 7) is 10.5. The van der Waals surface area contributed by atoms with Crippen LogP contribution >= 0.6 is 0 Å². The van der Waals surface area contributed by atoms with Crippen LogP contribution in [-0.2, 0) is 5.41 Å². The summed E-state index contributed by atoms with van der Waals surface area (Å²) < 4.78 is 0. The van der Waals surface area contributed by atoms with Crippen molar-refractivity contribution < 1.29 is 4.79 Å². The molecule has 0 saturated carbocycles. The van der Waals surface area contributed by atoms with Crippen LogP contribution in [0, 0.1) is 0 Å². The van der Waals surface area contributed by atoms with Gasteiger partial charge in [0.05, 0.1) is 11.3 Å². The lowest BCUT2D eigenvalue weighted by Gasteiger charge is -2.19. The van der Waals surface area contributed by atoms with Gasteiger partial charge in [0.15, 0.2) is 0 Å². The third kappa shape index (κ3) is 3.95. The van der Waals surface area contributed by atoms with Gasteiger partial charge < -0.3 is 0 Å². The Morgan fingerprint density at radius 3 is 2.27 bits per heavy atom. The minimum absolute atomic E-state index is 0.113. The number of benzene rings is 1. The van der Waals surface area contributed by atoms with E-state index in [4.69, 9.17) is 0 Å². The smallest absolute Gasteiger partial charge is 0.271 e. The molecule has 0 atom stereocenters. The second-order valence-corrected chi connectivity index (χ2v) is 6.13. The zero-order chi connectivity index (χ0) is 16.2. The lowest BCUT2D eigenvalue weighted by atomic mass is 9.86. The number of amides is 1. The van der Waals surface area contributed by atoms with Crippen LogP contribution in [0.25, 0.3) is 5.70 Å². The standard InChI is InChI=1S/C18H21N3O/c1-13(14-7-9-16(10-8-14)18(2,3)4)20-21-17(22)15-6-5-11-19-12-15/h5-12,20H,1H2,2-4H3,(H,21,22). The molecular weight excluding hydrogens is 274 g/mol. The van der Waals surface area contributed by atoms with E-state index in [2.05, 4.69) is 55.3 Å². The summed E-state index contributed by atoms with van der Waals surface area (Å²) in [5.74, 6) is -0.249. The average Bonchev–Trinajstić information content (AvgIpc) is 2.52. The topological polar surface area (TPSA) is 54.0 Å². The molecule has 2 rings (SSSR count). The Morgan fingerprint density at radius 1 is 1.05 bits per heavy atom. The van der Waals surface area contributed by atoms with E-state index in [1.54, 1.807) is 18.3 Å². The molecule has 0 spiro atoms. The van der Waals surface area contributed by atoms with E-state index in [-0.39, 0.29) is 11.3 Å². The molecule has 1 amide bonds. The van der Waals surface area contributed by atoms with Crippen LogP contribution in [0.3, 0.4) is 0 Å². The molecule has 0 fully saturated rings. The van der Waals surface area contributed by atoms with Crippen molar-refractivity contribution in [2.75, 3.05) is 0 Å². The van der Waals surface area contributed by atoms with Crippen molar-refractivity contribution in [3.63, 3.8) is 0 Å². The van der Waals surface area contributed by atoms with E-state index in [0.717, 1.165) is 5.56 Å². The van der Waals surface area contributed by atoms with Gasteiger partial charge in [0, 0.05) is 12.4 Å². The molecule has 4 nitrogen and oxygen atoms in total. The van der Waals surface area contributed by atoms with Gasteiger partial charge in [-0.3, -0.25) is 20.6 Å². The first-order valence-electron chi connectivity index (χ1n) is 7.14. The summed E-state index contributed by atoms with van der Waals surface area (Å²) in [7, 11) is 0. The van der Waals surface area contributed by atoms with Crippen LogP contribution in [0.5, 0.6) is 0 Å². The van der Waals surface area contributed by atoms with Gasteiger partial charge in [-0.1, -0.05) is 51.6 Å². The Hall–Kier alpha value is -2.62. The number of pyridine rings is 1. The predicted octanol–water partition coefficient (Wildman–Crippen LogP) is 3.28. The fourth-order valence-electron chi connectivity index (χ4n) is 1.95. The van der Waals surface area contributed by atoms with E-state index in [0.29, 0.717) is 11.3 Å². The van der Waals surface area contributed by atoms with Gasteiger partial charge in [-0.05, 0) is 28.7 Å². The lowest BCUT2D eigenvalue weighted by Crippen LogP contribution is -2.35. The minimum Gasteiger partial charge on any atom is -0.298 e. The fourth-order valence-corrected chi connectivity index (χ4v) is 1.95. The third-order valence-electron chi connectivity index (χ3n) is 3.35. The highest BCUT2D eigenvalue weighted by atomic mass is 16.2. The van der Waals surface area contributed by atoms with Crippen LogP contribution in [0.1, 0.15) is 42.3 Å². The molecule has 0 aliphatic carbocycles. The first kappa shape index (κ1) is 15.8. The first-order chi connectivity index (χ1) is 10.4. The predicted molar refractivity (Wildman–Crippen MR) is 89.0 cm³/mol. The van der Waals surface area contributed by atoms with Crippen molar-refractivity contribution in [1.29, 1.82) is 0 Å². The Balaban J connectivity index is 1.97. The SMILES string of the molecule is C=C(NNC(=O)c1cccnc1)c1ccc(C(C)(C)C)cc1. The van der Waals surface area contributed by atoms with Gasteiger partial charge in [-0.25, -0.2) is 0 Å². The lowest BCUT2D eigenvalue weighted by molar-refractivity contribution is 0.0942. The van der Waals surface area contributed by atoms with Crippen LogP contribution in [0.15, 0.2) is 55.4 Å². The highest BCUT2D eigenvalue weighted by Crippen LogP contribution is 2.23. The molecule has 0 aliphatic heterocycles. The van der Waals surface area contributed by atoms with E-state index < -0.39 is 0 Å². The third-order valence-corrected chi connectivity index (χ3v) is 3.35. The maximum atomic E-state index is 11.9. The number of hydrogen-bond acceptors (Lipinski definition) is 3. The quantitative estimate of drug-likeness (QED) is 0.851. The van der Waals surface area contributed by atoms with Crippen molar-refractivity contribution in [2.24, 2.45) is 0 Å². The normalized spacial score (nSPS) is 10.9. The molecule has 4 heteroatoms. The number of carbonyl (C=O) groups excluding carboxylic acids is 1. The van der Waals surface area contributed by atoms with Crippen LogP contribution in [0.4, 0.5) is 0 Å². The summed E-state index contributed by atoms with van der Waals surface area (Å²) in [5.41, 5.74) is 8.87. The fraction of sp³-hybridized carbons (Fsp3) is 0.222. The molecule has 0 saturated heterocycles. The van der Waals surface area contributed by atoms with Crippen molar-refractivity contribution in [1.82, 2.24) is 15.8 Å². The molecule has 0 radical (unpaired) electrons. The van der Waals surface area contributed by atoms with E-state index in [1.807, 2.05) is 12.1 Å². The molecule has 2 aromatic rings. The molecule has 114 valence electrons. The summed E-state index contributed by atoms with van der Waals surface area (Å²) in [6, 6.07) is 11.6.